The maximum Gasteiger partial charge on any atom is 0.205 e. The average Bonchev–Trinajstić information content (AvgIpc) is 2.89. The minimum absolute atomic E-state index is 0.482. The van der Waals surface area contributed by atoms with E-state index in [0.29, 0.717) is 0 Å². The van der Waals surface area contributed by atoms with Crippen molar-refractivity contribution in [2.45, 2.75) is 44.8 Å². The molecule has 0 amide bonds. The number of hydrogen-bond acceptors (Lipinski definition) is 6. The van der Waals surface area contributed by atoms with Gasteiger partial charge >= 0.3 is 0 Å². The van der Waals surface area contributed by atoms with Crippen molar-refractivity contribution in [1.82, 2.24) is 15.1 Å². The molecule has 0 radical (unpaired) electrons. The largest absolute Gasteiger partial charge is 0.389 e. The highest BCUT2D eigenvalue weighted by atomic mass is 32.1. The Labute approximate surface area is 112 Å². The molecule has 1 saturated carbocycles. The van der Waals surface area contributed by atoms with Crippen LogP contribution < -0.4 is 5.32 Å². The SMILES string of the molecule is CCNc1nnc(CN(C)CC2(O)CCCC2)s1. The fourth-order valence-electron chi connectivity index (χ4n) is 2.52. The van der Waals surface area contributed by atoms with E-state index in [4.69, 9.17) is 0 Å². The van der Waals surface area contributed by atoms with Gasteiger partial charge in [0.25, 0.3) is 0 Å². The van der Waals surface area contributed by atoms with Gasteiger partial charge in [-0.15, -0.1) is 10.2 Å². The number of anilines is 1. The van der Waals surface area contributed by atoms with Crippen LogP contribution in [0.3, 0.4) is 0 Å². The second kappa shape index (κ2) is 5.95. The lowest BCUT2D eigenvalue weighted by Crippen LogP contribution is -2.38. The molecule has 6 heteroatoms. The van der Waals surface area contributed by atoms with Gasteiger partial charge in [-0.05, 0) is 26.8 Å². The Morgan fingerprint density at radius 3 is 2.78 bits per heavy atom. The number of likely N-dealkylation sites (N-methyl/N-ethyl adjacent to an activating group) is 1. The molecule has 18 heavy (non-hydrogen) atoms. The zero-order chi connectivity index (χ0) is 13.0. The first-order valence-electron chi connectivity index (χ1n) is 6.58. The lowest BCUT2D eigenvalue weighted by molar-refractivity contribution is 0.0145. The molecule has 2 N–H and O–H groups in total. The third-order valence-corrected chi connectivity index (χ3v) is 4.16. The summed E-state index contributed by atoms with van der Waals surface area (Å²) in [4.78, 5) is 2.14. The Bertz CT molecular complexity index is 376. The maximum absolute atomic E-state index is 10.3. The lowest BCUT2D eigenvalue weighted by atomic mass is 10.0. The van der Waals surface area contributed by atoms with Crippen LogP contribution in [0.5, 0.6) is 0 Å². The van der Waals surface area contributed by atoms with Crippen LogP contribution in [0.15, 0.2) is 0 Å². The first-order valence-corrected chi connectivity index (χ1v) is 7.40. The van der Waals surface area contributed by atoms with E-state index < -0.39 is 5.60 Å². The van der Waals surface area contributed by atoms with Gasteiger partial charge in [0, 0.05) is 13.1 Å². The van der Waals surface area contributed by atoms with Crippen LogP contribution in [0.2, 0.25) is 0 Å². The molecule has 5 nitrogen and oxygen atoms in total. The summed E-state index contributed by atoms with van der Waals surface area (Å²) in [5, 5.41) is 23.6. The molecule has 1 heterocycles. The molecule has 0 unspecified atom stereocenters. The van der Waals surface area contributed by atoms with E-state index >= 15 is 0 Å². The molecule has 1 aliphatic carbocycles. The van der Waals surface area contributed by atoms with Crippen molar-refractivity contribution in [1.29, 1.82) is 0 Å². The van der Waals surface area contributed by atoms with E-state index in [2.05, 4.69) is 20.4 Å². The predicted octanol–water partition coefficient (Wildman–Crippen LogP) is 1.71. The molecule has 2 rings (SSSR count). The van der Waals surface area contributed by atoms with Gasteiger partial charge in [-0.25, -0.2) is 0 Å². The molecule has 1 aromatic rings. The fourth-order valence-corrected chi connectivity index (χ4v) is 3.41. The first kappa shape index (κ1) is 13.7. The highest BCUT2D eigenvalue weighted by molar-refractivity contribution is 7.15. The van der Waals surface area contributed by atoms with Gasteiger partial charge in [0.05, 0.1) is 12.1 Å². The number of nitrogens with zero attached hydrogens (tertiary/aromatic N) is 3. The van der Waals surface area contributed by atoms with Crippen LogP contribution in [0.1, 0.15) is 37.6 Å². The van der Waals surface area contributed by atoms with E-state index in [9.17, 15) is 5.11 Å². The van der Waals surface area contributed by atoms with Crippen molar-refractivity contribution in [3.63, 3.8) is 0 Å². The molecule has 102 valence electrons. The number of hydrogen-bond donors (Lipinski definition) is 2. The Balaban J connectivity index is 1.84. The Morgan fingerprint density at radius 1 is 1.39 bits per heavy atom. The second-order valence-electron chi connectivity index (χ2n) is 5.14. The van der Waals surface area contributed by atoms with E-state index in [1.807, 2.05) is 14.0 Å². The molecule has 0 atom stereocenters. The number of aliphatic hydroxyl groups is 1. The lowest BCUT2D eigenvalue weighted by Gasteiger charge is -2.27. The zero-order valence-corrected chi connectivity index (χ0v) is 12.0. The van der Waals surface area contributed by atoms with E-state index in [1.54, 1.807) is 11.3 Å². The van der Waals surface area contributed by atoms with Crippen LogP contribution in [-0.4, -0.2) is 45.9 Å². The molecular formula is C12H22N4OS. The average molecular weight is 270 g/mol. The minimum atomic E-state index is -0.482. The van der Waals surface area contributed by atoms with E-state index in [1.165, 1.54) is 0 Å². The normalized spacial score (nSPS) is 18.4. The second-order valence-corrected chi connectivity index (χ2v) is 6.20. The van der Waals surface area contributed by atoms with Crippen LogP contribution in [0, 0.1) is 0 Å². The summed E-state index contributed by atoms with van der Waals surface area (Å²) in [7, 11) is 2.03. The summed E-state index contributed by atoms with van der Waals surface area (Å²) >= 11 is 1.59. The molecule has 0 saturated heterocycles. The highest BCUT2D eigenvalue weighted by Gasteiger charge is 2.32. The molecule has 1 aliphatic rings. The highest BCUT2D eigenvalue weighted by Crippen LogP contribution is 2.30. The molecular weight excluding hydrogens is 248 g/mol. The summed E-state index contributed by atoms with van der Waals surface area (Å²) in [6.45, 7) is 4.39. The van der Waals surface area contributed by atoms with Crippen LogP contribution in [-0.2, 0) is 6.54 Å². The van der Waals surface area contributed by atoms with Crippen molar-refractivity contribution >= 4 is 16.5 Å². The standard InChI is InChI=1S/C12H22N4OS/c1-3-13-11-15-14-10(18-11)8-16(2)9-12(17)6-4-5-7-12/h17H,3-9H2,1-2H3,(H,13,15). The van der Waals surface area contributed by atoms with E-state index in [0.717, 1.165) is 55.5 Å². The zero-order valence-electron chi connectivity index (χ0n) is 11.1. The van der Waals surface area contributed by atoms with Crippen molar-refractivity contribution in [3.05, 3.63) is 5.01 Å². The topological polar surface area (TPSA) is 61.3 Å². The molecule has 0 spiro atoms. The van der Waals surface area contributed by atoms with Gasteiger partial charge in [0.15, 0.2) is 0 Å². The summed E-state index contributed by atoms with van der Waals surface area (Å²) in [6, 6.07) is 0. The van der Waals surface area contributed by atoms with Gasteiger partial charge in [0.1, 0.15) is 5.01 Å². The monoisotopic (exact) mass is 270 g/mol. The van der Waals surface area contributed by atoms with E-state index in [-0.39, 0.29) is 0 Å². The van der Waals surface area contributed by atoms with Crippen molar-refractivity contribution < 1.29 is 5.11 Å². The van der Waals surface area contributed by atoms with Crippen molar-refractivity contribution in [3.8, 4) is 0 Å². The fraction of sp³-hybridized carbons (Fsp3) is 0.833. The quantitative estimate of drug-likeness (QED) is 0.824. The maximum atomic E-state index is 10.3. The molecule has 0 bridgehead atoms. The summed E-state index contributed by atoms with van der Waals surface area (Å²) in [5.41, 5.74) is -0.482. The van der Waals surface area contributed by atoms with Crippen molar-refractivity contribution in [2.75, 3.05) is 25.5 Å². The van der Waals surface area contributed by atoms with Gasteiger partial charge in [-0.3, -0.25) is 4.90 Å². The smallest absolute Gasteiger partial charge is 0.205 e. The number of aromatic nitrogens is 2. The van der Waals surface area contributed by atoms with Crippen LogP contribution >= 0.6 is 11.3 Å². The van der Waals surface area contributed by atoms with Gasteiger partial charge in [-0.2, -0.15) is 0 Å². The molecule has 0 aromatic carbocycles. The van der Waals surface area contributed by atoms with Crippen LogP contribution in [0.25, 0.3) is 0 Å². The third-order valence-electron chi connectivity index (χ3n) is 3.30. The minimum Gasteiger partial charge on any atom is -0.389 e. The van der Waals surface area contributed by atoms with Crippen molar-refractivity contribution in [2.24, 2.45) is 0 Å². The summed E-state index contributed by atoms with van der Waals surface area (Å²) in [6.07, 6.45) is 4.15. The Morgan fingerprint density at radius 2 is 2.11 bits per heavy atom. The molecule has 1 aromatic heterocycles. The number of nitrogens with one attached hydrogen (secondary N) is 1. The molecule has 1 fully saturated rings. The third kappa shape index (κ3) is 3.63. The van der Waals surface area contributed by atoms with Crippen LogP contribution in [0.4, 0.5) is 5.13 Å². The van der Waals surface area contributed by atoms with Gasteiger partial charge in [-0.1, -0.05) is 24.2 Å². The summed E-state index contributed by atoms with van der Waals surface area (Å²) in [5.74, 6) is 0. The van der Waals surface area contributed by atoms with Gasteiger partial charge in [0.2, 0.25) is 5.13 Å². The summed E-state index contributed by atoms with van der Waals surface area (Å²) < 4.78 is 0. The molecule has 0 aliphatic heterocycles. The first-order chi connectivity index (χ1) is 8.61. The Kier molecular flexibility index (Phi) is 4.53. The predicted molar refractivity (Wildman–Crippen MR) is 73.8 cm³/mol. The Hall–Kier alpha value is -0.720. The number of rotatable bonds is 6. The van der Waals surface area contributed by atoms with Gasteiger partial charge < -0.3 is 10.4 Å².